The molecule has 0 saturated carbocycles. The maximum absolute atomic E-state index is 12.3. The zero-order valence-corrected chi connectivity index (χ0v) is 40.5. The van der Waals surface area contributed by atoms with Gasteiger partial charge in [-0.1, -0.05) is 145 Å². The molecule has 1 aliphatic rings. The van der Waals surface area contributed by atoms with Crippen LogP contribution >= 0.6 is 0 Å². The highest BCUT2D eigenvalue weighted by atomic mass is 16.5. The Hall–Kier alpha value is -1.14. The van der Waals surface area contributed by atoms with E-state index in [0.717, 1.165) is 69.8 Å². The summed E-state index contributed by atoms with van der Waals surface area (Å²) in [6.45, 7) is 26.6. The molecule has 1 fully saturated rings. The van der Waals surface area contributed by atoms with Crippen molar-refractivity contribution in [2.45, 2.75) is 248 Å². The molecule has 2 atom stereocenters. The Labute approximate surface area is 362 Å². The minimum atomic E-state index is -0.0123. The van der Waals surface area contributed by atoms with E-state index in [1.54, 1.807) is 0 Å². The second kappa shape index (κ2) is 35.5. The van der Waals surface area contributed by atoms with Crippen LogP contribution in [0.2, 0.25) is 0 Å². The third-order valence-corrected chi connectivity index (χ3v) is 13.3. The Kier molecular flexibility index (Phi) is 33.5. The van der Waals surface area contributed by atoms with Gasteiger partial charge in [0, 0.05) is 19.4 Å². The van der Waals surface area contributed by atoms with Gasteiger partial charge in [-0.15, -0.1) is 0 Å². The van der Waals surface area contributed by atoms with Crippen LogP contribution in [0.15, 0.2) is 0 Å². The summed E-state index contributed by atoms with van der Waals surface area (Å²) in [7, 11) is 0. The second-order valence-corrected chi connectivity index (χ2v) is 20.5. The Bertz CT molecular complexity index is 897. The molecule has 0 radical (unpaired) electrons. The Morgan fingerprint density at radius 3 is 1.28 bits per heavy atom. The van der Waals surface area contributed by atoms with Crippen molar-refractivity contribution >= 4 is 11.9 Å². The Balaban J connectivity index is 2.23. The Morgan fingerprint density at radius 1 is 0.483 bits per heavy atom. The zero-order chi connectivity index (χ0) is 42.9. The number of rotatable bonds is 40. The summed E-state index contributed by atoms with van der Waals surface area (Å²) < 4.78 is 17.9. The summed E-state index contributed by atoms with van der Waals surface area (Å²) in [4.78, 5) is 27.2. The number of nitrogens with zero attached hydrogens (tertiary/aromatic N) is 1. The van der Waals surface area contributed by atoms with Crippen LogP contribution in [0.3, 0.4) is 0 Å². The molecule has 0 aromatic carbocycles. The van der Waals surface area contributed by atoms with E-state index < -0.39 is 0 Å². The summed E-state index contributed by atoms with van der Waals surface area (Å²) in [5.41, 5.74) is -0.0123. The lowest BCUT2D eigenvalue weighted by molar-refractivity contribution is -0.145. The summed E-state index contributed by atoms with van der Waals surface area (Å²) in [6, 6.07) is 0. The first-order valence-electron chi connectivity index (χ1n) is 25.5. The van der Waals surface area contributed by atoms with Crippen molar-refractivity contribution in [2.75, 3.05) is 39.5 Å². The molecule has 1 heterocycles. The zero-order valence-electron chi connectivity index (χ0n) is 40.5. The number of hydrogen-bond donors (Lipinski definition) is 0. The highest BCUT2D eigenvalue weighted by Crippen LogP contribution is 2.28. The SMILES string of the molecule is CC(C)CCC(CCOC(=O)CCCCCCCCCC(C)(CCCCCCCCCC(=O)OCCC(CCC(C)C)C(C)C)OCCCCN1CCCC1)C(C)C. The lowest BCUT2D eigenvalue weighted by Crippen LogP contribution is -2.29. The van der Waals surface area contributed by atoms with Crippen molar-refractivity contribution < 1.29 is 23.8 Å². The largest absolute Gasteiger partial charge is 0.466 e. The molecule has 0 aromatic heterocycles. The average molecular weight is 820 g/mol. The van der Waals surface area contributed by atoms with Gasteiger partial charge in [0.05, 0.1) is 18.8 Å². The lowest BCUT2D eigenvalue weighted by Gasteiger charge is -2.31. The van der Waals surface area contributed by atoms with Gasteiger partial charge in [-0.2, -0.15) is 0 Å². The third kappa shape index (κ3) is 31.7. The van der Waals surface area contributed by atoms with E-state index in [1.807, 2.05) is 0 Å². The minimum Gasteiger partial charge on any atom is -0.466 e. The summed E-state index contributed by atoms with van der Waals surface area (Å²) in [5.74, 6) is 4.06. The average Bonchev–Trinajstić information content (AvgIpc) is 3.69. The van der Waals surface area contributed by atoms with Crippen molar-refractivity contribution in [1.29, 1.82) is 0 Å². The maximum atomic E-state index is 12.3. The van der Waals surface area contributed by atoms with Crippen LogP contribution in [0.5, 0.6) is 0 Å². The summed E-state index contributed by atoms with van der Waals surface area (Å²) >= 11 is 0. The molecule has 0 spiro atoms. The number of esters is 2. The van der Waals surface area contributed by atoms with Crippen molar-refractivity contribution in [3.05, 3.63) is 0 Å². The number of carbonyl (C=O) groups excluding carboxylic acids is 2. The summed E-state index contributed by atoms with van der Waals surface area (Å²) in [6.07, 6.45) is 32.3. The van der Waals surface area contributed by atoms with E-state index in [0.29, 0.717) is 49.7 Å². The smallest absolute Gasteiger partial charge is 0.305 e. The van der Waals surface area contributed by atoms with E-state index in [1.165, 1.54) is 135 Å². The van der Waals surface area contributed by atoms with Crippen LogP contribution < -0.4 is 0 Å². The minimum absolute atomic E-state index is 0.00564. The van der Waals surface area contributed by atoms with Crippen molar-refractivity contribution in [2.24, 2.45) is 35.5 Å². The third-order valence-electron chi connectivity index (χ3n) is 13.3. The number of unbranched alkanes of at least 4 members (excludes halogenated alkanes) is 13. The molecule has 344 valence electrons. The van der Waals surface area contributed by atoms with E-state index in [-0.39, 0.29) is 17.5 Å². The standard InChI is InChI=1S/C52H101NO5/c1-44(2)30-32-48(46(5)6)34-42-56-50(54)28-20-16-12-10-14-18-22-36-52(9,58-41-27-26-40-53-38-24-25-39-53)37-23-19-15-11-13-17-21-29-51(55)57-43-35-49(47(7)8)33-31-45(3)4/h44-49H,10-43H2,1-9H3. The molecule has 1 saturated heterocycles. The molecule has 0 N–H and O–H groups in total. The number of hydrogen-bond acceptors (Lipinski definition) is 6. The van der Waals surface area contributed by atoms with E-state index in [2.05, 4.69) is 67.2 Å². The van der Waals surface area contributed by atoms with Gasteiger partial charge in [0.25, 0.3) is 0 Å². The topological polar surface area (TPSA) is 65.1 Å². The highest BCUT2D eigenvalue weighted by Gasteiger charge is 2.24. The summed E-state index contributed by atoms with van der Waals surface area (Å²) in [5, 5.41) is 0. The first kappa shape index (κ1) is 54.9. The molecule has 58 heavy (non-hydrogen) atoms. The van der Waals surface area contributed by atoms with Gasteiger partial charge >= 0.3 is 11.9 Å². The molecule has 0 aromatic rings. The fourth-order valence-electron chi connectivity index (χ4n) is 8.85. The van der Waals surface area contributed by atoms with Crippen LogP contribution in [0, 0.1) is 35.5 Å². The fourth-order valence-corrected chi connectivity index (χ4v) is 8.85. The van der Waals surface area contributed by atoms with Gasteiger partial charge in [0.1, 0.15) is 0 Å². The lowest BCUT2D eigenvalue weighted by atomic mass is 9.86. The Morgan fingerprint density at radius 2 is 0.879 bits per heavy atom. The van der Waals surface area contributed by atoms with Crippen molar-refractivity contribution in [3.8, 4) is 0 Å². The molecule has 0 amide bonds. The molecule has 6 heteroatoms. The molecule has 6 nitrogen and oxygen atoms in total. The molecular formula is C52H101NO5. The van der Waals surface area contributed by atoms with Crippen LogP contribution in [0.4, 0.5) is 0 Å². The molecular weight excluding hydrogens is 719 g/mol. The first-order chi connectivity index (χ1) is 27.8. The molecule has 0 bridgehead atoms. The molecule has 0 aliphatic carbocycles. The van der Waals surface area contributed by atoms with Crippen LogP contribution in [-0.4, -0.2) is 61.9 Å². The first-order valence-corrected chi connectivity index (χ1v) is 25.5. The van der Waals surface area contributed by atoms with Gasteiger partial charge in [0.15, 0.2) is 0 Å². The van der Waals surface area contributed by atoms with Crippen LogP contribution in [-0.2, 0) is 23.8 Å². The number of likely N-dealkylation sites (tertiary alicyclic amines) is 1. The maximum Gasteiger partial charge on any atom is 0.305 e. The monoisotopic (exact) mass is 820 g/mol. The van der Waals surface area contributed by atoms with Gasteiger partial charge in [0.2, 0.25) is 0 Å². The predicted octanol–water partition coefficient (Wildman–Crippen LogP) is 14.9. The van der Waals surface area contributed by atoms with Crippen LogP contribution in [0.25, 0.3) is 0 Å². The molecule has 2 unspecified atom stereocenters. The highest BCUT2D eigenvalue weighted by molar-refractivity contribution is 5.69. The fraction of sp³-hybridized carbons (Fsp3) is 0.962. The van der Waals surface area contributed by atoms with Gasteiger partial charge in [-0.3, -0.25) is 9.59 Å². The van der Waals surface area contributed by atoms with E-state index >= 15 is 0 Å². The van der Waals surface area contributed by atoms with Gasteiger partial charge < -0.3 is 19.1 Å². The van der Waals surface area contributed by atoms with Gasteiger partial charge in [-0.05, 0) is 139 Å². The van der Waals surface area contributed by atoms with E-state index in [9.17, 15) is 9.59 Å². The van der Waals surface area contributed by atoms with E-state index in [4.69, 9.17) is 14.2 Å². The number of ether oxygens (including phenoxy) is 3. The second-order valence-electron chi connectivity index (χ2n) is 20.5. The van der Waals surface area contributed by atoms with Crippen molar-refractivity contribution in [1.82, 2.24) is 4.90 Å². The molecule has 1 aliphatic heterocycles. The van der Waals surface area contributed by atoms with Crippen LogP contribution in [0.1, 0.15) is 242 Å². The molecule has 1 rings (SSSR count). The van der Waals surface area contributed by atoms with Gasteiger partial charge in [-0.25, -0.2) is 0 Å². The normalized spacial score (nSPS) is 15.8. The van der Waals surface area contributed by atoms with Crippen molar-refractivity contribution in [3.63, 3.8) is 0 Å². The predicted molar refractivity (Wildman–Crippen MR) is 248 cm³/mol. The quantitative estimate of drug-likeness (QED) is 0.0453. The number of carbonyl (C=O) groups is 2.